The molecule has 8 nitrogen and oxygen atoms in total. The molecule has 0 fully saturated rings. The van der Waals surface area contributed by atoms with Crippen LogP contribution in [0.1, 0.15) is 22.1 Å². The van der Waals surface area contributed by atoms with Gasteiger partial charge in [-0.1, -0.05) is 29.8 Å². The van der Waals surface area contributed by atoms with E-state index in [-0.39, 0.29) is 5.91 Å². The van der Waals surface area contributed by atoms with E-state index in [1.54, 1.807) is 36.4 Å². The van der Waals surface area contributed by atoms with E-state index < -0.39 is 22.5 Å². The van der Waals surface area contributed by atoms with Gasteiger partial charge in [-0.25, -0.2) is 4.98 Å². The molecule has 4 rings (SSSR count). The number of nitro groups is 1. The Morgan fingerprint density at radius 1 is 1.18 bits per heavy atom. The first-order valence-electron chi connectivity index (χ1n) is 8.23. The van der Waals surface area contributed by atoms with Crippen LogP contribution in [0.5, 0.6) is 5.75 Å². The molecule has 0 saturated heterocycles. The van der Waals surface area contributed by atoms with Crippen molar-refractivity contribution in [3.8, 4) is 5.75 Å². The number of nitro benzene ring substituents is 1. The van der Waals surface area contributed by atoms with Crippen LogP contribution in [0.15, 0.2) is 60.8 Å². The minimum Gasteiger partial charge on any atom is -0.502 e. The third-order valence-corrected chi connectivity index (χ3v) is 4.62. The number of amides is 1. The number of rotatable bonds is 3. The van der Waals surface area contributed by atoms with Crippen LogP contribution in [0.2, 0.25) is 5.02 Å². The summed E-state index contributed by atoms with van der Waals surface area (Å²) >= 11 is 5.91. The summed E-state index contributed by atoms with van der Waals surface area (Å²) in [6.07, 6.45) is 0.649. The monoisotopic (exact) mass is 396 g/mol. The highest BCUT2D eigenvalue weighted by atomic mass is 35.5. The second-order valence-corrected chi connectivity index (χ2v) is 6.54. The molecule has 1 aliphatic heterocycles. The third kappa shape index (κ3) is 2.99. The molecule has 0 aliphatic carbocycles. The fourth-order valence-electron chi connectivity index (χ4n) is 3.09. The fraction of sp³-hybridized carbons (Fsp3) is 0.0526. The van der Waals surface area contributed by atoms with E-state index in [4.69, 9.17) is 11.6 Å². The molecule has 2 heterocycles. The summed E-state index contributed by atoms with van der Waals surface area (Å²) in [5, 5.41) is 24.6. The molecule has 3 aromatic rings. The van der Waals surface area contributed by atoms with Crippen LogP contribution in [0, 0.1) is 10.1 Å². The molecule has 2 N–H and O–H groups in total. The molecule has 1 unspecified atom stereocenters. The highest BCUT2D eigenvalue weighted by molar-refractivity contribution is 6.30. The van der Waals surface area contributed by atoms with Gasteiger partial charge >= 0.3 is 5.69 Å². The zero-order valence-electron chi connectivity index (χ0n) is 14.2. The van der Waals surface area contributed by atoms with Gasteiger partial charge in [-0.15, -0.1) is 0 Å². The number of pyridine rings is 1. The van der Waals surface area contributed by atoms with Crippen LogP contribution in [-0.4, -0.2) is 20.9 Å². The Balaban J connectivity index is 1.87. The van der Waals surface area contributed by atoms with Gasteiger partial charge in [0, 0.05) is 23.5 Å². The number of fused-ring (bicyclic) bond motifs is 1. The van der Waals surface area contributed by atoms with Crippen molar-refractivity contribution in [3.63, 3.8) is 0 Å². The lowest BCUT2D eigenvalue weighted by Crippen LogP contribution is -2.43. The van der Waals surface area contributed by atoms with Crippen LogP contribution in [0.4, 0.5) is 17.2 Å². The van der Waals surface area contributed by atoms with Crippen molar-refractivity contribution in [1.29, 1.82) is 0 Å². The lowest BCUT2D eigenvalue weighted by Gasteiger charge is -2.37. The lowest BCUT2D eigenvalue weighted by molar-refractivity contribution is -0.385. The van der Waals surface area contributed by atoms with Crippen molar-refractivity contribution in [2.24, 2.45) is 0 Å². The quantitative estimate of drug-likeness (QED) is 0.509. The number of hydrogen-bond donors (Lipinski definition) is 2. The van der Waals surface area contributed by atoms with Gasteiger partial charge in [0.25, 0.3) is 5.91 Å². The van der Waals surface area contributed by atoms with Crippen molar-refractivity contribution < 1.29 is 14.8 Å². The zero-order chi connectivity index (χ0) is 19.8. The molecule has 0 saturated carbocycles. The largest absolute Gasteiger partial charge is 0.502 e. The average molecular weight is 397 g/mol. The summed E-state index contributed by atoms with van der Waals surface area (Å²) in [6.45, 7) is 0. The van der Waals surface area contributed by atoms with E-state index in [1.807, 2.05) is 0 Å². The molecule has 9 heteroatoms. The zero-order valence-corrected chi connectivity index (χ0v) is 15.0. The van der Waals surface area contributed by atoms with Gasteiger partial charge in [-0.3, -0.25) is 19.8 Å². The highest BCUT2D eigenvalue weighted by Gasteiger charge is 2.35. The van der Waals surface area contributed by atoms with Crippen molar-refractivity contribution in [1.82, 2.24) is 4.98 Å². The molecule has 2 aromatic carbocycles. The first kappa shape index (κ1) is 17.7. The number of aromatic hydroxyl groups is 1. The SMILES string of the molecule is O=C1c2ccccc2NC(c2ccc(O)c([N+](=O)[O-])c2)N1c1ccc(Cl)cn1. The number of aromatic nitrogens is 1. The van der Waals surface area contributed by atoms with Crippen molar-refractivity contribution in [2.75, 3.05) is 10.2 Å². The number of carbonyl (C=O) groups is 1. The van der Waals surface area contributed by atoms with E-state index in [0.717, 1.165) is 0 Å². The summed E-state index contributed by atoms with van der Waals surface area (Å²) in [5.41, 5.74) is 1.01. The summed E-state index contributed by atoms with van der Waals surface area (Å²) in [6, 6.07) is 14.1. The maximum Gasteiger partial charge on any atom is 0.311 e. The van der Waals surface area contributed by atoms with Gasteiger partial charge < -0.3 is 10.4 Å². The van der Waals surface area contributed by atoms with Crippen molar-refractivity contribution >= 4 is 34.7 Å². The van der Waals surface area contributed by atoms with Crippen LogP contribution in [-0.2, 0) is 0 Å². The third-order valence-electron chi connectivity index (χ3n) is 4.40. The summed E-state index contributed by atoms with van der Waals surface area (Å²) < 4.78 is 0. The van der Waals surface area contributed by atoms with Crippen LogP contribution >= 0.6 is 11.6 Å². The Kier molecular flexibility index (Phi) is 4.32. The maximum atomic E-state index is 13.2. The molecule has 28 heavy (non-hydrogen) atoms. The summed E-state index contributed by atoms with van der Waals surface area (Å²) in [4.78, 5) is 29.4. The summed E-state index contributed by atoms with van der Waals surface area (Å²) in [7, 11) is 0. The lowest BCUT2D eigenvalue weighted by atomic mass is 10.0. The average Bonchev–Trinajstić information content (AvgIpc) is 2.69. The number of phenolic OH excluding ortho intramolecular Hbond substituents is 1. The second kappa shape index (κ2) is 6.82. The molecular formula is C19H13ClN4O4. The first-order chi connectivity index (χ1) is 13.5. The predicted octanol–water partition coefficient (Wildman–Crippen LogP) is 4.12. The topological polar surface area (TPSA) is 109 Å². The van der Waals surface area contributed by atoms with Crippen LogP contribution in [0.3, 0.4) is 0 Å². The van der Waals surface area contributed by atoms with E-state index >= 15 is 0 Å². The molecule has 0 radical (unpaired) electrons. The van der Waals surface area contributed by atoms with Gasteiger partial charge in [0.05, 0.1) is 15.5 Å². The standard InChI is InChI=1S/C19H13ClN4O4/c20-12-6-8-17(21-10-12)23-18(11-5-7-16(25)15(9-11)24(27)28)22-14-4-2-1-3-13(14)19(23)26/h1-10,18,22,25H. The van der Waals surface area contributed by atoms with Gasteiger partial charge in [0.1, 0.15) is 12.0 Å². The summed E-state index contributed by atoms with van der Waals surface area (Å²) in [5.74, 6) is -0.436. The molecule has 140 valence electrons. The number of anilines is 2. The minimum atomic E-state index is -0.768. The molecule has 0 bridgehead atoms. The first-order valence-corrected chi connectivity index (χ1v) is 8.61. The van der Waals surface area contributed by atoms with Gasteiger partial charge in [-0.2, -0.15) is 0 Å². The molecule has 1 atom stereocenters. The van der Waals surface area contributed by atoms with Crippen molar-refractivity contribution in [3.05, 3.63) is 87.1 Å². The Morgan fingerprint density at radius 2 is 1.96 bits per heavy atom. The maximum absolute atomic E-state index is 13.2. The molecular weight excluding hydrogens is 384 g/mol. The van der Waals surface area contributed by atoms with Gasteiger partial charge in [0.2, 0.25) is 0 Å². The molecule has 1 aliphatic rings. The Hall–Kier alpha value is -3.65. The van der Waals surface area contributed by atoms with Gasteiger partial charge in [0.15, 0.2) is 5.75 Å². The normalized spacial score (nSPS) is 15.7. The molecule has 1 aromatic heterocycles. The number of nitrogens with zero attached hydrogens (tertiary/aromatic N) is 3. The van der Waals surface area contributed by atoms with Gasteiger partial charge in [-0.05, 0) is 30.3 Å². The highest BCUT2D eigenvalue weighted by Crippen LogP contribution is 2.38. The van der Waals surface area contributed by atoms with Crippen LogP contribution in [0.25, 0.3) is 0 Å². The molecule has 1 amide bonds. The smallest absolute Gasteiger partial charge is 0.311 e. The van der Waals surface area contributed by atoms with Crippen molar-refractivity contribution in [2.45, 2.75) is 6.17 Å². The number of carbonyl (C=O) groups excluding carboxylic acids is 1. The Morgan fingerprint density at radius 3 is 2.68 bits per heavy atom. The second-order valence-electron chi connectivity index (χ2n) is 6.11. The van der Waals surface area contributed by atoms with E-state index in [1.165, 1.54) is 29.3 Å². The minimum absolute atomic E-state index is 0.315. The Bertz CT molecular complexity index is 1090. The van der Waals surface area contributed by atoms with Crippen LogP contribution < -0.4 is 10.2 Å². The number of benzene rings is 2. The number of phenols is 1. The predicted molar refractivity (Wildman–Crippen MR) is 104 cm³/mol. The number of para-hydroxylation sites is 1. The Labute approximate surface area is 164 Å². The number of hydrogen-bond acceptors (Lipinski definition) is 6. The number of nitrogens with one attached hydrogen (secondary N) is 1. The van der Waals surface area contributed by atoms with E-state index in [2.05, 4.69) is 10.3 Å². The fourth-order valence-corrected chi connectivity index (χ4v) is 3.20. The molecule has 0 spiro atoms. The van der Waals surface area contributed by atoms with E-state index in [9.17, 15) is 20.0 Å². The van der Waals surface area contributed by atoms with E-state index in [0.29, 0.717) is 27.7 Å². The number of halogens is 1.